The monoisotopic (exact) mass is 631 g/mol. The third kappa shape index (κ3) is 7.82. The van der Waals surface area contributed by atoms with E-state index in [1.165, 1.54) is 84.2 Å². The van der Waals surface area contributed by atoms with Gasteiger partial charge in [-0.25, -0.2) is 4.98 Å². The van der Waals surface area contributed by atoms with Crippen LogP contribution in [0.3, 0.4) is 0 Å². The Kier molecular flexibility index (Phi) is 12.2. The molecule has 248 valence electrons. The molecule has 1 unspecified atom stereocenters. The lowest BCUT2D eigenvalue weighted by Crippen LogP contribution is -2.77. The van der Waals surface area contributed by atoms with Gasteiger partial charge in [-0.3, -0.25) is 14.7 Å². The molecule has 0 aromatic carbocycles. The summed E-state index contributed by atoms with van der Waals surface area (Å²) in [6, 6.07) is 0. The van der Waals surface area contributed by atoms with E-state index in [0.717, 1.165) is 56.5 Å². The summed E-state index contributed by atoms with van der Waals surface area (Å²) in [5.74, 6) is 0.717. The summed E-state index contributed by atoms with van der Waals surface area (Å²) in [6.07, 6.45) is 22.4. The average molecular weight is 632 g/mol. The van der Waals surface area contributed by atoms with Gasteiger partial charge in [-0.1, -0.05) is 129 Å². The zero-order valence-corrected chi connectivity index (χ0v) is 28.9. The van der Waals surface area contributed by atoms with Crippen LogP contribution in [0.5, 0.6) is 0 Å². The van der Waals surface area contributed by atoms with Crippen LogP contribution in [-0.4, -0.2) is 44.3 Å². The van der Waals surface area contributed by atoms with Gasteiger partial charge in [0.2, 0.25) is 5.91 Å². The molecule has 1 aliphatic heterocycles. The number of H-pyrrole nitrogens is 1. The molecule has 1 amide bonds. The van der Waals surface area contributed by atoms with E-state index in [2.05, 4.69) is 38.1 Å². The van der Waals surface area contributed by atoms with Gasteiger partial charge in [0.1, 0.15) is 5.02 Å². The minimum atomic E-state index is -0.680. The van der Waals surface area contributed by atoms with Crippen LogP contribution in [0.25, 0.3) is 5.65 Å². The van der Waals surface area contributed by atoms with Gasteiger partial charge in [0, 0.05) is 11.3 Å². The van der Waals surface area contributed by atoms with Crippen LogP contribution in [-0.2, 0) is 19.7 Å². The molecule has 2 aliphatic rings. The number of unbranched alkanes of at least 4 members (excludes halogenated alkanes) is 13. The maximum absolute atomic E-state index is 13.3. The first-order chi connectivity index (χ1) is 21.1. The van der Waals surface area contributed by atoms with E-state index in [4.69, 9.17) is 26.4 Å². The van der Waals surface area contributed by atoms with Crippen molar-refractivity contribution in [2.75, 3.05) is 7.11 Å². The Balaban J connectivity index is 1.25. The first-order valence-electron chi connectivity index (χ1n) is 17.6. The number of fused-ring (bicyclic) bond motifs is 1. The van der Waals surface area contributed by atoms with Gasteiger partial charge >= 0.3 is 5.97 Å². The largest absolute Gasteiger partial charge is 0.469 e. The molecule has 0 radical (unpaired) electrons. The molecule has 4 rings (SSSR count). The lowest BCUT2D eigenvalue weighted by atomic mass is 9.52. The summed E-state index contributed by atoms with van der Waals surface area (Å²) in [6.45, 7) is 8.60. The highest BCUT2D eigenvalue weighted by atomic mass is 35.5. The summed E-state index contributed by atoms with van der Waals surface area (Å²) in [5.41, 5.74) is 0.428. The molecule has 1 spiro atoms. The molecule has 1 atom stereocenters. The molecule has 9 heteroatoms. The van der Waals surface area contributed by atoms with Crippen molar-refractivity contribution in [3.05, 3.63) is 16.5 Å². The SMILES string of the molecule is CCCCCCCCCCCCCCCCC1(CC(=O)OC)C(=O)NC12CCC(c1nc3c(Cl)c(C(C)(C)C)[nH]n3n1)CC2. The van der Waals surface area contributed by atoms with Gasteiger partial charge in [-0.2, -0.15) is 4.63 Å². The Morgan fingerprint density at radius 3 is 1.98 bits per heavy atom. The summed E-state index contributed by atoms with van der Waals surface area (Å²) >= 11 is 6.67. The number of aromatic nitrogens is 4. The van der Waals surface area contributed by atoms with Crippen molar-refractivity contribution in [2.24, 2.45) is 5.41 Å². The van der Waals surface area contributed by atoms with Crippen molar-refractivity contribution >= 4 is 29.1 Å². The summed E-state index contributed by atoms with van der Waals surface area (Å²) in [7, 11) is 1.42. The molecular formula is C35H58ClN5O3. The molecule has 2 fully saturated rings. The second kappa shape index (κ2) is 15.5. The highest BCUT2D eigenvalue weighted by Gasteiger charge is 2.66. The molecule has 1 saturated heterocycles. The molecule has 2 aromatic rings. The van der Waals surface area contributed by atoms with Crippen LogP contribution in [0.2, 0.25) is 5.02 Å². The summed E-state index contributed by atoms with van der Waals surface area (Å²) in [5, 5.41) is 12.0. The molecule has 1 saturated carbocycles. The van der Waals surface area contributed by atoms with Crippen LogP contribution >= 0.6 is 11.6 Å². The number of nitrogens with zero attached hydrogens (tertiary/aromatic N) is 3. The molecule has 3 heterocycles. The van der Waals surface area contributed by atoms with Crippen LogP contribution in [0.15, 0.2) is 0 Å². The minimum absolute atomic E-state index is 0.0194. The number of ether oxygens (including phenoxy) is 1. The van der Waals surface area contributed by atoms with Crippen molar-refractivity contribution in [2.45, 2.75) is 173 Å². The number of rotatable bonds is 18. The van der Waals surface area contributed by atoms with Crippen molar-refractivity contribution in [1.29, 1.82) is 0 Å². The van der Waals surface area contributed by atoms with Gasteiger partial charge in [0.05, 0.1) is 30.2 Å². The zero-order valence-electron chi connectivity index (χ0n) is 28.2. The number of amides is 1. The second-order valence-corrected chi connectivity index (χ2v) is 15.1. The van der Waals surface area contributed by atoms with E-state index in [0.29, 0.717) is 10.7 Å². The first-order valence-corrected chi connectivity index (χ1v) is 18.0. The van der Waals surface area contributed by atoms with Crippen LogP contribution in [0.4, 0.5) is 0 Å². The van der Waals surface area contributed by atoms with E-state index in [1.54, 1.807) is 4.63 Å². The number of carbonyl (C=O) groups excluding carboxylic acids is 2. The zero-order chi connectivity index (χ0) is 31.8. The predicted octanol–water partition coefficient (Wildman–Crippen LogP) is 8.96. The van der Waals surface area contributed by atoms with Gasteiger partial charge in [-0.15, -0.1) is 5.10 Å². The standard InChI is InChI=1S/C35H58ClN5O3/c1-6-7-8-9-10-11-12-13-14-15-16-17-18-19-22-34(25-27(42)44-5)32(43)38-35(34)23-20-26(21-24-35)30-37-31-28(36)29(33(2,3)4)39-41(31)40-30/h26,39H,6-25H2,1-5H3,(H,38,43). The molecular weight excluding hydrogens is 574 g/mol. The van der Waals surface area contributed by atoms with E-state index in [1.807, 2.05) is 0 Å². The maximum Gasteiger partial charge on any atom is 0.306 e. The third-order valence-corrected chi connectivity index (χ3v) is 10.9. The number of carbonyl (C=O) groups is 2. The predicted molar refractivity (Wildman–Crippen MR) is 177 cm³/mol. The van der Waals surface area contributed by atoms with Gasteiger partial charge in [0.25, 0.3) is 0 Å². The molecule has 2 aromatic heterocycles. The number of hydrogen-bond acceptors (Lipinski definition) is 5. The van der Waals surface area contributed by atoms with Gasteiger partial charge in [-0.05, 0) is 32.1 Å². The Bertz CT molecular complexity index is 1220. The Morgan fingerprint density at radius 1 is 0.955 bits per heavy atom. The lowest BCUT2D eigenvalue weighted by Gasteiger charge is -2.61. The highest BCUT2D eigenvalue weighted by molar-refractivity contribution is 6.34. The Labute approximate surface area is 270 Å². The highest BCUT2D eigenvalue weighted by Crippen LogP contribution is 2.56. The van der Waals surface area contributed by atoms with Crippen LogP contribution < -0.4 is 5.32 Å². The Hall–Kier alpha value is -2.09. The number of β-lactam (4-membered cyclic amide) rings is 1. The smallest absolute Gasteiger partial charge is 0.306 e. The topological polar surface area (TPSA) is 101 Å². The van der Waals surface area contributed by atoms with Crippen molar-refractivity contribution in [1.82, 2.24) is 25.1 Å². The summed E-state index contributed by atoms with van der Waals surface area (Å²) in [4.78, 5) is 30.7. The molecule has 2 N–H and O–H groups in total. The minimum Gasteiger partial charge on any atom is -0.469 e. The molecule has 8 nitrogen and oxygen atoms in total. The van der Waals surface area contributed by atoms with E-state index in [9.17, 15) is 9.59 Å². The second-order valence-electron chi connectivity index (χ2n) is 14.7. The van der Waals surface area contributed by atoms with Crippen molar-refractivity contribution in [3.8, 4) is 0 Å². The number of methoxy groups -OCH3 is 1. The molecule has 0 bridgehead atoms. The number of hydrogen-bond donors (Lipinski definition) is 2. The van der Waals surface area contributed by atoms with Gasteiger partial charge in [0.15, 0.2) is 11.5 Å². The summed E-state index contributed by atoms with van der Waals surface area (Å²) < 4.78 is 6.79. The van der Waals surface area contributed by atoms with Crippen LogP contribution in [0, 0.1) is 5.41 Å². The van der Waals surface area contributed by atoms with Crippen molar-refractivity contribution in [3.63, 3.8) is 0 Å². The quantitative estimate of drug-likeness (QED) is 0.0971. The van der Waals surface area contributed by atoms with E-state index >= 15 is 0 Å². The number of halogens is 1. The molecule has 44 heavy (non-hydrogen) atoms. The number of aromatic amines is 1. The number of nitrogens with one attached hydrogen (secondary N) is 2. The molecule has 1 aliphatic carbocycles. The van der Waals surface area contributed by atoms with Crippen LogP contribution in [0.1, 0.15) is 174 Å². The first kappa shape index (κ1) is 34.8. The van der Waals surface area contributed by atoms with E-state index in [-0.39, 0.29) is 35.2 Å². The normalized spacial score (nSPS) is 23.7. The fourth-order valence-corrected chi connectivity index (χ4v) is 8.15. The Morgan fingerprint density at radius 2 is 1.50 bits per heavy atom. The fraction of sp³-hybridized carbons (Fsp3) is 0.829. The maximum atomic E-state index is 13.3. The fourth-order valence-electron chi connectivity index (χ4n) is 7.70. The van der Waals surface area contributed by atoms with Gasteiger partial charge < -0.3 is 10.1 Å². The third-order valence-electron chi connectivity index (χ3n) is 10.5. The number of esters is 1. The lowest BCUT2D eigenvalue weighted by molar-refractivity contribution is -0.171. The average Bonchev–Trinajstić information content (AvgIpc) is 3.56. The van der Waals surface area contributed by atoms with E-state index < -0.39 is 5.41 Å². The van der Waals surface area contributed by atoms with Crippen molar-refractivity contribution < 1.29 is 14.3 Å².